The molecule has 1 aliphatic heterocycles. The lowest BCUT2D eigenvalue weighted by Gasteiger charge is -2.24. The number of carbonyl (C=O) groups is 1. The Labute approximate surface area is 173 Å². The second kappa shape index (κ2) is 7.65. The van der Waals surface area contributed by atoms with Gasteiger partial charge in [-0.3, -0.25) is 0 Å². The van der Waals surface area contributed by atoms with E-state index in [0.29, 0.717) is 17.9 Å². The predicted molar refractivity (Wildman–Crippen MR) is 113 cm³/mol. The first-order chi connectivity index (χ1) is 14.0. The molecule has 0 bridgehead atoms. The minimum atomic E-state index is -0.638. The Morgan fingerprint density at radius 3 is 2.83 bits per heavy atom. The third-order valence-electron chi connectivity index (χ3n) is 5.41. The number of benzene rings is 1. The zero-order valence-electron chi connectivity index (χ0n) is 17.0. The van der Waals surface area contributed by atoms with Crippen LogP contribution in [0.25, 0.3) is 21.8 Å². The maximum Gasteiger partial charge on any atom is 0.341 e. The molecule has 1 N–H and O–H groups in total. The molecule has 0 spiro atoms. The Morgan fingerprint density at radius 1 is 1.41 bits per heavy atom. The number of aliphatic hydroxyl groups is 1. The van der Waals surface area contributed by atoms with Gasteiger partial charge in [0.1, 0.15) is 10.8 Å². The number of thiazole rings is 1. The fraction of sp³-hybridized carbons (Fsp3) is 0.364. The third kappa shape index (κ3) is 3.14. The molecule has 0 saturated carbocycles. The first-order valence-corrected chi connectivity index (χ1v) is 10.5. The van der Waals surface area contributed by atoms with Crippen LogP contribution < -0.4 is 4.74 Å². The second-order valence-corrected chi connectivity index (χ2v) is 7.97. The van der Waals surface area contributed by atoms with Gasteiger partial charge >= 0.3 is 5.97 Å². The first kappa shape index (κ1) is 19.7. The quantitative estimate of drug-likeness (QED) is 0.630. The zero-order valence-corrected chi connectivity index (χ0v) is 17.8. The number of hydrogen-bond acceptors (Lipinski definition) is 6. The lowest BCUT2D eigenvalue weighted by atomic mass is 9.92. The maximum atomic E-state index is 13.1. The number of aryl methyl sites for hydroxylation is 1. The van der Waals surface area contributed by atoms with E-state index >= 15 is 0 Å². The highest BCUT2D eigenvalue weighted by molar-refractivity contribution is 7.13. The smallest absolute Gasteiger partial charge is 0.341 e. The molecule has 0 fully saturated rings. The van der Waals surface area contributed by atoms with Crippen LogP contribution in [0.1, 0.15) is 47.1 Å². The van der Waals surface area contributed by atoms with Gasteiger partial charge in [0.15, 0.2) is 0 Å². The average molecular weight is 413 g/mol. The highest BCUT2D eigenvalue weighted by Gasteiger charge is 2.33. The van der Waals surface area contributed by atoms with Gasteiger partial charge in [-0.1, -0.05) is 0 Å². The number of fused-ring (bicyclic) bond motifs is 3. The average Bonchev–Trinajstić information content (AvgIpc) is 3.33. The fourth-order valence-electron chi connectivity index (χ4n) is 4.11. The van der Waals surface area contributed by atoms with Crippen molar-refractivity contribution >= 4 is 17.3 Å². The molecular weight excluding hydrogens is 388 g/mol. The van der Waals surface area contributed by atoms with Crippen molar-refractivity contribution in [3.05, 3.63) is 46.1 Å². The van der Waals surface area contributed by atoms with E-state index in [1.165, 1.54) is 11.3 Å². The van der Waals surface area contributed by atoms with E-state index in [0.717, 1.165) is 51.6 Å². The number of aliphatic hydroxyl groups excluding tert-OH is 1. The van der Waals surface area contributed by atoms with E-state index in [2.05, 4.69) is 9.55 Å². The Kier molecular flexibility index (Phi) is 5.19. The second-order valence-electron chi connectivity index (χ2n) is 7.07. The molecule has 1 unspecified atom stereocenters. The molecule has 2 aromatic heterocycles. The molecule has 0 aliphatic carbocycles. The van der Waals surface area contributed by atoms with Gasteiger partial charge in [-0.05, 0) is 44.9 Å². The number of esters is 1. The standard InChI is InChI=1S/C22H24N2O4S/c1-5-28-22(26)19-18(21-23-7-9-29-21)12(2)24-8-6-14-10-15(13(3)25)17(27-4)11-16(14)20(19)24/h7,9-11,13,25H,5-6,8H2,1-4H3. The molecule has 7 heteroatoms. The predicted octanol–water partition coefficient (Wildman–Crippen LogP) is 4.38. The van der Waals surface area contributed by atoms with Gasteiger partial charge in [0.25, 0.3) is 0 Å². The van der Waals surface area contributed by atoms with Crippen molar-refractivity contribution in [2.45, 2.75) is 39.8 Å². The zero-order chi connectivity index (χ0) is 20.7. The Bertz CT molecular complexity index is 1070. The minimum absolute atomic E-state index is 0.303. The van der Waals surface area contributed by atoms with Crippen molar-refractivity contribution in [3.8, 4) is 27.6 Å². The summed E-state index contributed by atoms with van der Waals surface area (Å²) >= 11 is 1.51. The van der Waals surface area contributed by atoms with E-state index in [9.17, 15) is 9.90 Å². The maximum absolute atomic E-state index is 13.1. The molecule has 1 atom stereocenters. The molecule has 6 nitrogen and oxygen atoms in total. The number of hydrogen-bond donors (Lipinski definition) is 1. The summed E-state index contributed by atoms with van der Waals surface area (Å²) in [5.41, 5.74) is 5.99. The molecule has 0 amide bonds. The normalized spacial score (nSPS) is 13.6. The van der Waals surface area contributed by atoms with Gasteiger partial charge in [0, 0.05) is 40.5 Å². The highest BCUT2D eigenvalue weighted by atomic mass is 32.1. The summed E-state index contributed by atoms with van der Waals surface area (Å²) in [7, 11) is 1.59. The summed E-state index contributed by atoms with van der Waals surface area (Å²) in [5.74, 6) is 0.262. The first-order valence-electron chi connectivity index (χ1n) is 9.67. The molecule has 0 saturated heterocycles. The number of rotatable bonds is 5. The molecular formula is C22H24N2O4S. The summed E-state index contributed by atoms with van der Waals surface area (Å²) in [6, 6.07) is 3.92. The summed E-state index contributed by atoms with van der Waals surface area (Å²) in [6.07, 6.45) is 1.92. The molecule has 4 rings (SSSR count). The van der Waals surface area contributed by atoms with Gasteiger partial charge < -0.3 is 19.1 Å². The van der Waals surface area contributed by atoms with Crippen LogP contribution in [0.4, 0.5) is 0 Å². The van der Waals surface area contributed by atoms with Gasteiger partial charge in [0.2, 0.25) is 0 Å². The number of aromatic nitrogens is 2. The lowest BCUT2D eigenvalue weighted by molar-refractivity contribution is 0.0528. The van der Waals surface area contributed by atoms with Crippen LogP contribution in [-0.4, -0.2) is 34.3 Å². The topological polar surface area (TPSA) is 73.6 Å². The number of methoxy groups -OCH3 is 1. The monoisotopic (exact) mass is 412 g/mol. The van der Waals surface area contributed by atoms with Crippen LogP contribution in [-0.2, 0) is 17.7 Å². The summed E-state index contributed by atoms with van der Waals surface area (Å²) in [6.45, 7) is 6.61. The largest absolute Gasteiger partial charge is 0.496 e. The van der Waals surface area contributed by atoms with E-state index < -0.39 is 6.10 Å². The number of ether oxygens (including phenoxy) is 2. The van der Waals surface area contributed by atoms with Gasteiger partial charge in [-0.25, -0.2) is 9.78 Å². The number of carbonyl (C=O) groups excluding carboxylic acids is 1. The van der Waals surface area contributed by atoms with Crippen molar-refractivity contribution in [1.29, 1.82) is 0 Å². The molecule has 3 heterocycles. The van der Waals surface area contributed by atoms with Crippen LogP contribution in [0.5, 0.6) is 5.75 Å². The van der Waals surface area contributed by atoms with Gasteiger partial charge in [0.05, 0.1) is 31.1 Å². The van der Waals surface area contributed by atoms with E-state index in [4.69, 9.17) is 9.47 Å². The van der Waals surface area contributed by atoms with Crippen LogP contribution in [0.2, 0.25) is 0 Å². The van der Waals surface area contributed by atoms with Crippen LogP contribution >= 0.6 is 11.3 Å². The molecule has 152 valence electrons. The number of nitrogens with zero attached hydrogens (tertiary/aromatic N) is 2. The van der Waals surface area contributed by atoms with Crippen LogP contribution in [0.15, 0.2) is 23.7 Å². The Morgan fingerprint density at radius 2 is 2.21 bits per heavy atom. The van der Waals surface area contributed by atoms with Crippen molar-refractivity contribution in [2.75, 3.05) is 13.7 Å². The van der Waals surface area contributed by atoms with Crippen molar-refractivity contribution in [1.82, 2.24) is 9.55 Å². The lowest BCUT2D eigenvalue weighted by Crippen LogP contribution is -2.15. The molecule has 1 aromatic carbocycles. The SMILES string of the molecule is CCOC(=O)c1c(-c2nccs2)c(C)n2c1-c1cc(OC)c(C(C)O)cc1CC2. The molecule has 0 radical (unpaired) electrons. The van der Waals surface area contributed by atoms with Crippen LogP contribution in [0, 0.1) is 6.92 Å². The van der Waals surface area contributed by atoms with Gasteiger partial charge in [-0.2, -0.15) is 0 Å². The van der Waals surface area contributed by atoms with E-state index in [1.54, 1.807) is 20.2 Å². The van der Waals surface area contributed by atoms with Crippen molar-refractivity contribution < 1.29 is 19.4 Å². The molecule has 29 heavy (non-hydrogen) atoms. The Hall–Kier alpha value is -2.64. The molecule has 3 aromatic rings. The van der Waals surface area contributed by atoms with Crippen LogP contribution in [0.3, 0.4) is 0 Å². The fourth-order valence-corrected chi connectivity index (χ4v) is 4.85. The summed E-state index contributed by atoms with van der Waals surface area (Å²) < 4.78 is 13.2. The highest BCUT2D eigenvalue weighted by Crippen LogP contribution is 2.45. The van der Waals surface area contributed by atoms with E-state index in [-0.39, 0.29) is 5.97 Å². The Balaban J connectivity index is 2.03. The van der Waals surface area contributed by atoms with E-state index in [1.807, 2.05) is 31.4 Å². The molecule has 1 aliphatic rings. The summed E-state index contributed by atoms with van der Waals surface area (Å²) in [4.78, 5) is 17.5. The third-order valence-corrected chi connectivity index (χ3v) is 6.21. The van der Waals surface area contributed by atoms with Crippen molar-refractivity contribution in [2.24, 2.45) is 0 Å². The minimum Gasteiger partial charge on any atom is -0.496 e. The summed E-state index contributed by atoms with van der Waals surface area (Å²) in [5, 5.41) is 12.9. The van der Waals surface area contributed by atoms with Gasteiger partial charge in [-0.15, -0.1) is 11.3 Å². The van der Waals surface area contributed by atoms with Crippen molar-refractivity contribution in [3.63, 3.8) is 0 Å².